The van der Waals surface area contributed by atoms with Gasteiger partial charge in [-0.05, 0) is 18.4 Å². The van der Waals surface area contributed by atoms with E-state index in [4.69, 9.17) is 4.74 Å². The third-order valence-corrected chi connectivity index (χ3v) is 3.34. The molecule has 0 aliphatic heterocycles. The Morgan fingerprint density at radius 2 is 2.15 bits per heavy atom. The van der Waals surface area contributed by atoms with Gasteiger partial charge >= 0.3 is 5.97 Å². The van der Waals surface area contributed by atoms with Crippen molar-refractivity contribution in [2.75, 3.05) is 26.7 Å². The molecule has 0 spiro atoms. The summed E-state index contributed by atoms with van der Waals surface area (Å²) < 4.78 is 4.75. The van der Waals surface area contributed by atoms with E-state index in [-0.39, 0.29) is 37.9 Å². The third kappa shape index (κ3) is 5.40. The minimum atomic E-state index is -0.439. The molecule has 0 aliphatic carbocycles. The van der Waals surface area contributed by atoms with Crippen molar-refractivity contribution in [2.24, 2.45) is 0 Å². The lowest BCUT2D eigenvalue weighted by molar-refractivity contribution is -0.148. The lowest BCUT2D eigenvalue weighted by atomic mass is 10.3. The summed E-state index contributed by atoms with van der Waals surface area (Å²) in [5, 5.41) is 4.47. The standard InChI is InChI=1S/C13H18N2O4S/c1-3-19-12(17)9-15(2)11(16)6-7-14-13(18)10-5-4-8-20-10/h4-5,8H,3,6-7,9H2,1-2H3,(H,14,18). The van der Waals surface area contributed by atoms with Crippen molar-refractivity contribution >= 4 is 29.1 Å². The molecular formula is C13H18N2O4S. The molecule has 0 bridgehead atoms. The molecule has 1 rings (SSSR count). The number of carbonyl (C=O) groups excluding carboxylic acids is 3. The van der Waals surface area contributed by atoms with E-state index in [0.717, 1.165) is 0 Å². The number of nitrogens with one attached hydrogen (secondary N) is 1. The quantitative estimate of drug-likeness (QED) is 0.759. The zero-order valence-electron chi connectivity index (χ0n) is 11.5. The van der Waals surface area contributed by atoms with Crippen LogP contribution in [0.4, 0.5) is 0 Å². The van der Waals surface area contributed by atoms with Gasteiger partial charge in [-0.2, -0.15) is 0 Å². The van der Waals surface area contributed by atoms with Crippen LogP contribution in [0.25, 0.3) is 0 Å². The van der Waals surface area contributed by atoms with Gasteiger partial charge in [0, 0.05) is 20.0 Å². The predicted molar refractivity (Wildman–Crippen MR) is 75.5 cm³/mol. The van der Waals surface area contributed by atoms with Crippen LogP contribution in [0.3, 0.4) is 0 Å². The van der Waals surface area contributed by atoms with E-state index in [1.807, 2.05) is 5.38 Å². The molecule has 6 nitrogen and oxygen atoms in total. The lowest BCUT2D eigenvalue weighted by Crippen LogP contribution is -2.35. The van der Waals surface area contributed by atoms with E-state index >= 15 is 0 Å². The van der Waals surface area contributed by atoms with Gasteiger partial charge < -0.3 is 15.0 Å². The highest BCUT2D eigenvalue weighted by Gasteiger charge is 2.14. The Bertz CT molecular complexity index is 459. The second-order valence-electron chi connectivity index (χ2n) is 4.04. The minimum absolute atomic E-state index is 0.0778. The first-order valence-corrected chi connectivity index (χ1v) is 7.13. The molecule has 0 fully saturated rings. The molecule has 2 amide bonds. The van der Waals surface area contributed by atoms with Gasteiger partial charge in [0.15, 0.2) is 0 Å². The Hall–Kier alpha value is -1.89. The Morgan fingerprint density at radius 1 is 1.40 bits per heavy atom. The number of nitrogens with zero attached hydrogens (tertiary/aromatic N) is 1. The number of carbonyl (C=O) groups is 3. The lowest BCUT2D eigenvalue weighted by Gasteiger charge is -2.16. The first-order chi connectivity index (χ1) is 9.54. The van der Waals surface area contributed by atoms with Crippen LogP contribution in [-0.2, 0) is 14.3 Å². The molecule has 0 saturated heterocycles. The Labute approximate surface area is 121 Å². The maximum atomic E-state index is 11.7. The van der Waals surface area contributed by atoms with Gasteiger partial charge in [0.1, 0.15) is 6.54 Å². The first-order valence-electron chi connectivity index (χ1n) is 6.26. The van der Waals surface area contributed by atoms with Crippen LogP contribution in [0.1, 0.15) is 23.0 Å². The van der Waals surface area contributed by atoms with E-state index in [0.29, 0.717) is 4.88 Å². The fourth-order valence-corrected chi connectivity index (χ4v) is 2.10. The average molecular weight is 298 g/mol. The van der Waals surface area contributed by atoms with Crippen LogP contribution in [0.5, 0.6) is 0 Å². The van der Waals surface area contributed by atoms with Crippen LogP contribution in [0.15, 0.2) is 17.5 Å². The normalized spacial score (nSPS) is 9.90. The van der Waals surface area contributed by atoms with Crippen molar-refractivity contribution in [3.8, 4) is 0 Å². The van der Waals surface area contributed by atoms with Crippen molar-refractivity contribution in [3.05, 3.63) is 22.4 Å². The molecule has 1 heterocycles. The van der Waals surface area contributed by atoms with Gasteiger partial charge in [-0.1, -0.05) is 6.07 Å². The monoisotopic (exact) mass is 298 g/mol. The Balaban J connectivity index is 2.25. The summed E-state index contributed by atoms with van der Waals surface area (Å²) in [5.74, 6) is -0.851. The van der Waals surface area contributed by atoms with Crippen LogP contribution >= 0.6 is 11.3 Å². The molecule has 20 heavy (non-hydrogen) atoms. The summed E-state index contributed by atoms with van der Waals surface area (Å²) >= 11 is 1.34. The maximum absolute atomic E-state index is 11.7. The van der Waals surface area contributed by atoms with E-state index < -0.39 is 5.97 Å². The smallest absolute Gasteiger partial charge is 0.325 e. The highest BCUT2D eigenvalue weighted by molar-refractivity contribution is 7.12. The van der Waals surface area contributed by atoms with Gasteiger partial charge in [0.2, 0.25) is 5.91 Å². The molecule has 0 aromatic carbocycles. The first kappa shape index (κ1) is 16.2. The number of hydrogen-bond donors (Lipinski definition) is 1. The molecule has 0 aliphatic rings. The number of ether oxygens (including phenoxy) is 1. The second-order valence-corrected chi connectivity index (χ2v) is 4.99. The van der Waals surface area contributed by atoms with Crippen LogP contribution < -0.4 is 5.32 Å². The van der Waals surface area contributed by atoms with Gasteiger partial charge in [-0.15, -0.1) is 11.3 Å². The molecule has 110 valence electrons. The number of thiophene rings is 1. The number of rotatable bonds is 7. The molecule has 0 saturated carbocycles. The summed E-state index contributed by atoms with van der Waals surface area (Å²) in [6.07, 6.45) is 0.146. The van der Waals surface area contributed by atoms with Crippen molar-refractivity contribution in [2.45, 2.75) is 13.3 Å². The number of amides is 2. The van der Waals surface area contributed by atoms with Gasteiger partial charge in [0.25, 0.3) is 5.91 Å². The molecule has 1 N–H and O–H groups in total. The SMILES string of the molecule is CCOC(=O)CN(C)C(=O)CCNC(=O)c1cccs1. The second kappa shape index (κ2) is 8.31. The minimum Gasteiger partial charge on any atom is -0.465 e. The fraction of sp³-hybridized carbons (Fsp3) is 0.462. The van der Waals surface area contributed by atoms with Crippen molar-refractivity contribution in [3.63, 3.8) is 0 Å². The average Bonchev–Trinajstić information content (AvgIpc) is 2.92. The maximum Gasteiger partial charge on any atom is 0.325 e. The van der Waals surface area contributed by atoms with E-state index in [9.17, 15) is 14.4 Å². The molecular weight excluding hydrogens is 280 g/mol. The zero-order valence-corrected chi connectivity index (χ0v) is 12.4. The number of hydrogen-bond acceptors (Lipinski definition) is 5. The molecule has 1 aromatic heterocycles. The summed E-state index contributed by atoms with van der Waals surface area (Å²) in [4.78, 5) is 36.4. The Kier molecular flexibility index (Phi) is 6.72. The molecule has 0 radical (unpaired) electrons. The van der Waals surface area contributed by atoms with Crippen molar-refractivity contribution in [1.82, 2.24) is 10.2 Å². The Morgan fingerprint density at radius 3 is 2.75 bits per heavy atom. The summed E-state index contributed by atoms with van der Waals surface area (Å²) in [5.41, 5.74) is 0. The summed E-state index contributed by atoms with van der Waals surface area (Å²) in [7, 11) is 1.53. The van der Waals surface area contributed by atoms with Crippen molar-refractivity contribution < 1.29 is 19.1 Å². The predicted octanol–water partition coefficient (Wildman–Crippen LogP) is 0.890. The number of esters is 1. The van der Waals surface area contributed by atoms with Crippen LogP contribution in [0, 0.1) is 0 Å². The fourth-order valence-electron chi connectivity index (χ4n) is 1.46. The van der Waals surface area contributed by atoms with E-state index in [2.05, 4.69) is 5.32 Å². The largest absolute Gasteiger partial charge is 0.465 e. The summed E-state index contributed by atoms with van der Waals surface area (Å²) in [6, 6.07) is 3.51. The topological polar surface area (TPSA) is 75.7 Å². The van der Waals surface area contributed by atoms with Gasteiger partial charge in [-0.3, -0.25) is 14.4 Å². The molecule has 0 atom stereocenters. The van der Waals surface area contributed by atoms with Crippen LogP contribution in [-0.4, -0.2) is 49.4 Å². The molecule has 7 heteroatoms. The van der Waals surface area contributed by atoms with E-state index in [1.54, 1.807) is 19.1 Å². The highest BCUT2D eigenvalue weighted by Crippen LogP contribution is 2.07. The molecule has 0 unspecified atom stereocenters. The number of likely N-dealkylation sites (N-methyl/N-ethyl adjacent to an activating group) is 1. The van der Waals surface area contributed by atoms with Crippen LogP contribution in [0.2, 0.25) is 0 Å². The third-order valence-electron chi connectivity index (χ3n) is 2.47. The van der Waals surface area contributed by atoms with E-state index in [1.165, 1.54) is 23.3 Å². The summed E-state index contributed by atoms with van der Waals surface area (Å²) in [6.45, 7) is 2.16. The molecule has 1 aromatic rings. The van der Waals surface area contributed by atoms with Gasteiger partial charge in [0.05, 0.1) is 11.5 Å². The van der Waals surface area contributed by atoms with Crippen molar-refractivity contribution in [1.29, 1.82) is 0 Å². The highest BCUT2D eigenvalue weighted by atomic mass is 32.1. The zero-order chi connectivity index (χ0) is 15.0. The van der Waals surface area contributed by atoms with Gasteiger partial charge in [-0.25, -0.2) is 0 Å².